The largest absolute Gasteiger partial charge is 0.495 e. The van der Waals surface area contributed by atoms with E-state index in [1.807, 2.05) is 12.1 Å². The number of nitrogens with one attached hydrogen (secondary N) is 1. The number of methoxy groups -OCH3 is 1. The van der Waals surface area contributed by atoms with Gasteiger partial charge in [-0.3, -0.25) is 4.79 Å². The molecule has 0 atom stereocenters. The molecule has 1 aliphatic carbocycles. The molecule has 0 spiro atoms. The first kappa shape index (κ1) is 19.4. The highest BCUT2D eigenvalue weighted by atomic mass is 16.5. The number of aromatic amines is 1. The number of fused-ring (bicyclic) bond motifs is 2. The minimum absolute atomic E-state index is 0.0927. The van der Waals surface area contributed by atoms with Crippen molar-refractivity contribution in [3.63, 3.8) is 0 Å². The van der Waals surface area contributed by atoms with E-state index in [1.54, 1.807) is 17.7 Å². The van der Waals surface area contributed by atoms with Gasteiger partial charge in [0.15, 0.2) is 5.82 Å². The van der Waals surface area contributed by atoms with Crippen molar-refractivity contribution in [2.24, 2.45) is 5.92 Å². The molecule has 2 radical (unpaired) electrons. The highest BCUT2D eigenvalue weighted by Gasteiger charge is 2.31. The van der Waals surface area contributed by atoms with E-state index in [-0.39, 0.29) is 11.8 Å². The third-order valence-corrected chi connectivity index (χ3v) is 6.19. The molecule has 5 rings (SSSR count). The second kappa shape index (κ2) is 7.30. The smallest absolute Gasteiger partial charge is 0.306 e. The zero-order valence-corrected chi connectivity index (χ0v) is 17.0. The van der Waals surface area contributed by atoms with Crippen molar-refractivity contribution in [3.05, 3.63) is 30.4 Å². The van der Waals surface area contributed by atoms with Gasteiger partial charge in [0, 0.05) is 5.92 Å². The van der Waals surface area contributed by atoms with Crippen LogP contribution in [0.5, 0.6) is 5.75 Å². The molecular formula is C21H21BN6O3. The van der Waals surface area contributed by atoms with Crippen molar-refractivity contribution in [1.29, 1.82) is 0 Å². The zero-order valence-electron chi connectivity index (χ0n) is 17.0. The van der Waals surface area contributed by atoms with Crippen molar-refractivity contribution < 1.29 is 14.6 Å². The molecule has 3 aromatic heterocycles. The molecule has 1 aromatic carbocycles. The number of hydrogen-bond acceptors (Lipinski definition) is 6. The minimum atomic E-state index is -0.733. The Bertz CT molecular complexity index is 1310. The molecular weight excluding hydrogens is 395 g/mol. The number of rotatable bonds is 4. The highest BCUT2D eigenvalue weighted by Crippen LogP contribution is 2.39. The lowest BCUT2D eigenvalue weighted by Gasteiger charge is -2.24. The van der Waals surface area contributed by atoms with Crippen molar-refractivity contribution >= 4 is 41.5 Å². The van der Waals surface area contributed by atoms with Gasteiger partial charge in [0.05, 0.1) is 24.2 Å². The van der Waals surface area contributed by atoms with Crippen LogP contribution in [0.2, 0.25) is 0 Å². The number of aromatic nitrogens is 5. The Labute approximate surface area is 179 Å². The number of benzene rings is 1. The molecule has 31 heavy (non-hydrogen) atoms. The summed E-state index contributed by atoms with van der Waals surface area (Å²) in [6, 6.07) is 5.54. The van der Waals surface area contributed by atoms with Crippen LogP contribution in [0.25, 0.3) is 27.8 Å². The second-order valence-electron chi connectivity index (χ2n) is 7.94. The van der Waals surface area contributed by atoms with Crippen LogP contribution in [0.1, 0.15) is 37.4 Å². The van der Waals surface area contributed by atoms with Crippen LogP contribution in [0, 0.1) is 5.92 Å². The number of ether oxygens (including phenoxy) is 1. The van der Waals surface area contributed by atoms with Crippen molar-refractivity contribution in [2.75, 3.05) is 12.8 Å². The number of carbonyl (C=O) groups is 1. The van der Waals surface area contributed by atoms with E-state index in [9.17, 15) is 9.90 Å². The summed E-state index contributed by atoms with van der Waals surface area (Å²) in [6.45, 7) is 0. The number of hydrogen-bond donors (Lipinski definition) is 3. The quantitative estimate of drug-likeness (QED) is 0.434. The standard InChI is InChI=1S/C21H21BN6O3/c1-31-15-7-6-13(22)12-8-14(26-16(12)15)17-18-19(23)24-9-25-28(18)20(27-17)10-2-4-11(5-3-10)21(29)30/h6-11,26H,2-5H2,1H3,(H,29,30)(H2,23,24,25). The Morgan fingerprint density at radius 1 is 1.32 bits per heavy atom. The van der Waals surface area contributed by atoms with Gasteiger partial charge in [-0.25, -0.2) is 14.5 Å². The summed E-state index contributed by atoms with van der Waals surface area (Å²) < 4.78 is 7.19. The molecule has 0 aliphatic heterocycles. The number of aliphatic carboxylic acids is 1. The summed E-state index contributed by atoms with van der Waals surface area (Å²) in [4.78, 5) is 23.8. The predicted molar refractivity (Wildman–Crippen MR) is 117 cm³/mol. The molecule has 3 heterocycles. The third kappa shape index (κ3) is 3.10. The average Bonchev–Trinajstić information content (AvgIpc) is 3.38. The Morgan fingerprint density at radius 3 is 2.81 bits per heavy atom. The number of nitrogens with zero attached hydrogens (tertiary/aromatic N) is 4. The van der Waals surface area contributed by atoms with E-state index in [4.69, 9.17) is 23.3 Å². The zero-order chi connectivity index (χ0) is 21.7. The number of imidazole rings is 1. The Morgan fingerprint density at radius 2 is 2.10 bits per heavy atom. The summed E-state index contributed by atoms with van der Waals surface area (Å²) in [5.41, 5.74) is 9.60. The summed E-state index contributed by atoms with van der Waals surface area (Å²) in [7, 11) is 7.78. The fraction of sp³-hybridized carbons (Fsp3) is 0.333. The van der Waals surface area contributed by atoms with Crippen LogP contribution in [-0.4, -0.2) is 50.6 Å². The summed E-state index contributed by atoms with van der Waals surface area (Å²) in [6.07, 6.45) is 4.10. The molecule has 10 heteroatoms. The lowest BCUT2D eigenvalue weighted by atomic mass is 9.82. The first-order chi connectivity index (χ1) is 15.0. The number of nitrogens with two attached hydrogens (primary N) is 1. The summed E-state index contributed by atoms with van der Waals surface area (Å²) >= 11 is 0. The first-order valence-electron chi connectivity index (χ1n) is 10.2. The minimum Gasteiger partial charge on any atom is -0.495 e. The van der Waals surface area contributed by atoms with Crippen LogP contribution in [-0.2, 0) is 4.79 Å². The molecule has 4 aromatic rings. The second-order valence-corrected chi connectivity index (χ2v) is 7.94. The monoisotopic (exact) mass is 416 g/mol. The van der Waals surface area contributed by atoms with E-state index in [0.29, 0.717) is 41.1 Å². The van der Waals surface area contributed by atoms with Gasteiger partial charge in [0.2, 0.25) is 0 Å². The predicted octanol–water partition coefficient (Wildman–Crippen LogP) is 2.02. The highest BCUT2D eigenvalue weighted by molar-refractivity contribution is 6.39. The number of nitrogen functional groups attached to an aromatic ring is 1. The van der Waals surface area contributed by atoms with E-state index in [0.717, 1.165) is 35.3 Å². The van der Waals surface area contributed by atoms with Gasteiger partial charge in [-0.05, 0) is 43.2 Å². The topological polar surface area (TPSA) is 131 Å². The Hall–Kier alpha value is -3.56. The Balaban J connectivity index is 1.65. The molecule has 4 N–H and O–H groups in total. The molecule has 0 bridgehead atoms. The Kier molecular flexibility index (Phi) is 4.57. The number of carboxylic acids is 1. The fourth-order valence-electron chi connectivity index (χ4n) is 4.54. The van der Waals surface area contributed by atoms with Gasteiger partial charge in [0.1, 0.15) is 37.0 Å². The lowest BCUT2D eigenvalue weighted by molar-refractivity contribution is -0.142. The maximum atomic E-state index is 11.3. The van der Waals surface area contributed by atoms with Gasteiger partial charge >= 0.3 is 5.97 Å². The third-order valence-electron chi connectivity index (χ3n) is 6.19. The molecule has 0 saturated heterocycles. The van der Waals surface area contributed by atoms with Crippen LogP contribution in [0.15, 0.2) is 24.5 Å². The number of carboxylic acid groups (broad SMARTS) is 1. The molecule has 0 unspecified atom stereocenters. The summed E-state index contributed by atoms with van der Waals surface area (Å²) in [5.74, 6) is 0.822. The van der Waals surface area contributed by atoms with Gasteiger partial charge in [-0.2, -0.15) is 5.10 Å². The van der Waals surface area contributed by atoms with Gasteiger partial charge in [-0.1, -0.05) is 11.5 Å². The van der Waals surface area contributed by atoms with Crippen molar-refractivity contribution in [2.45, 2.75) is 31.6 Å². The van der Waals surface area contributed by atoms with E-state index >= 15 is 0 Å². The number of H-pyrrole nitrogens is 1. The van der Waals surface area contributed by atoms with Crippen LogP contribution < -0.4 is 15.9 Å². The van der Waals surface area contributed by atoms with Crippen molar-refractivity contribution in [1.82, 2.24) is 24.6 Å². The van der Waals surface area contributed by atoms with Gasteiger partial charge < -0.3 is 20.6 Å². The maximum Gasteiger partial charge on any atom is 0.306 e. The van der Waals surface area contributed by atoms with Gasteiger partial charge in [-0.15, -0.1) is 0 Å². The van der Waals surface area contributed by atoms with E-state index < -0.39 is 5.97 Å². The summed E-state index contributed by atoms with van der Waals surface area (Å²) in [5, 5.41) is 14.5. The number of anilines is 1. The maximum absolute atomic E-state index is 11.3. The van der Waals surface area contributed by atoms with Crippen LogP contribution in [0.3, 0.4) is 0 Å². The van der Waals surface area contributed by atoms with E-state index in [1.165, 1.54) is 6.33 Å². The lowest BCUT2D eigenvalue weighted by Crippen LogP contribution is -2.21. The van der Waals surface area contributed by atoms with E-state index in [2.05, 4.69) is 15.1 Å². The average molecular weight is 416 g/mol. The molecule has 1 fully saturated rings. The molecule has 9 nitrogen and oxygen atoms in total. The van der Waals surface area contributed by atoms with Crippen molar-refractivity contribution in [3.8, 4) is 17.1 Å². The molecule has 156 valence electrons. The SMILES string of the molecule is [B]c1ccc(OC)c2[nH]c(-c3nc(C4CCC(C(=O)O)CC4)n4ncnc(N)c34)cc12. The normalized spacial score (nSPS) is 19.1. The van der Waals surface area contributed by atoms with Crippen LogP contribution in [0.4, 0.5) is 5.82 Å². The molecule has 0 amide bonds. The molecule has 1 saturated carbocycles. The van der Waals surface area contributed by atoms with Gasteiger partial charge in [0.25, 0.3) is 0 Å². The first-order valence-corrected chi connectivity index (χ1v) is 10.2. The fourth-order valence-corrected chi connectivity index (χ4v) is 4.54. The molecule has 1 aliphatic rings. The van der Waals surface area contributed by atoms with Crippen LogP contribution >= 0.6 is 0 Å².